The maximum Gasteiger partial charge on any atom is 0.254 e. The van der Waals surface area contributed by atoms with Crippen molar-refractivity contribution in [3.05, 3.63) is 77.3 Å². The number of pyridine rings is 1. The van der Waals surface area contributed by atoms with E-state index >= 15 is 0 Å². The van der Waals surface area contributed by atoms with Crippen LogP contribution in [-0.2, 0) is 11.3 Å². The lowest BCUT2D eigenvalue weighted by atomic mass is 9.49. The Labute approximate surface area is 207 Å². The third kappa shape index (κ3) is 4.08. The first-order valence-electron chi connectivity index (χ1n) is 12.0. The number of carbonyl (C=O) groups excluding carboxylic acids is 2. The Morgan fingerprint density at radius 1 is 1.11 bits per heavy atom. The van der Waals surface area contributed by atoms with Crippen LogP contribution >= 0.6 is 11.3 Å². The van der Waals surface area contributed by atoms with Crippen molar-refractivity contribution in [2.75, 3.05) is 0 Å². The number of thiophene rings is 1. The Morgan fingerprint density at radius 3 is 2.60 bits per heavy atom. The van der Waals surface area contributed by atoms with Gasteiger partial charge in [-0.1, -0.05) is 24.3 Å². The molecule has 7 heteroatoms. The number of halogens is 1. The Morgan fingerprint density at radius 2 is 1.89 bits per heavy atom. The standard InChI is InChI=1S/C28H26FN3O2S/c1-17(33)21-9-28(10-21)11-23(12-28)31-27(34)24-16-35-25-6-7-32(26(24)25)15-18-2-4-19(5-3-18)20-8-22(29)14-30-13-20/h2-8,13-14,16,21,23H,9-12,15H2,1H3,(H,31,34). The molecule has 178 valence electrons. The SMILES string of the molecule is CC(=O)C1CC2(CC(NC(=O)c3csc4ccn(Cc5ccc(-c6cncc(F)c6)cc5)c34)C2)C1. The zero-order valence-electron chi connectivity index (χ0n) is 19.5. The highest BCUT2D eigenvalue weighted by Gasteiger charge is 2.54. The molecule has 1 aromatic carbocycles. The van der Waals surface area contributed by atoms with E-state index in [1.807, 2.05) is 35.8 Å². The van der Waals surface area contributed by atoms with Gasteiger partial charge in [-0.25, -0.2) is 4.39 Å². The topological polar surface area (TPSA) is 64.0 Å². The highest BCUT2D eigenvalue weighted by atomic mass is 32.1. The zero-order valence-corrected chi connectivity index (χ0v) is 20.3. The molecule has 2 saturated carbocycles. The van der Waals surface area contributed by atoms with Crippen LogP contribution in [0.3, 0.4) is 0 Å². The maximum absolute atomic E-state index is 13.5. The van der Waals surface area contributed by atoms with E-state index in [1.165, 1.54) is 12.3 Å². The summed E-state index contributed by atoms with van der Waals surface area (Å²) in [7, 11) is 0. The summed E-state index contributed by atoms with van der Waals surface area (Å²) in [6.45, 7) is 2.32. The molecule has 0 bridgehead atoms. The number of ketones is 1. The van der Waals surface area contributed by atoms with Gasteiger partial charge >= 0.3 is 0 Å². The molecule has 3 heterocycles. The van der Waals surface area contributed by atoms with Gasteiger partial charge in [-0.05, 0) is 61.3 Å². The fourth-order valence-corrected chi connectivity index (χ4v) is 6.77. The molecular weight excluding hydrogens is 461 g/mol. The Kier molecular flexibility index (Phi) is 5.33. The molecule has 35 heavy (non-hydrogen) atoms. The van der Waals surface area contributed by atoms with Gasteiger partial charge in [-0.15, -0.1) is 11.3 Å². The predicted octanol–water partition coefficient (Wildman–Crippen LogP) is 5.83. The first-order chi connectivity index (χ1) is 16.9. The van der Waals surface area contributed by atoms with Gasteiger partial charge in [-0.3, -0.25) is 14.6 Å². The normalized spacial score (nSPS) is 23.1. The number of carbonyl (C=O) groups is 2. The summed E-state index contributed by atoms with van der Waals surface area (Å²) < 4.78 is 16.7. The molecule has 5 nitrogen and oxygen atoms in total. The van der Waals surface area contributed by atoms with E-state index < -0.39 is 0 Å². The van der Waals surface area contributed by atoms with E-state index in [0.29, 0.717) is 17.9 Å². The van der Waals surface area contributed by atoms with Crippen molar-refractivity contribution in [3.8, 4) is 11.1 Å². The second-order valence-corrected chi connectivity index (χ2v) is 11.1. The molecule has 4 aromatic rings. The lowest BCUT2D eigenvalue weighted by Crippen LogP contribution is -2.57. The molecule has 2 aliphatic carbocycles. The number of rotatable bonds is 6. The van der Waals surface area contributed by atoms with Crippen molar-refractivity contribution in [2.45, 2.75) is 45.2 Å². The Hall–Kier alpha value is -3.32. The summed E-state index contributed by atoms with van der Waals surface area (Å²) in [4.78, 5) is 28.6. The van der Waals surface area contributed by atoms with E-state index in [0.717, 1.165) is 52.6 Å². The fourth-order valence-electron chi connectivity index (χ4n) is 5.83. The minimum atomic E-state index is -0.352. The first kappa shape index (κ1) is 22.2. The monoisotopic (exact) mass is 487 g/mol. The van der Waals surface area contributed by atoms with E-state index in [-0.39, 0.29) is 29.1 Å². The lowest BCUT2D eigenvalue weighted by molar-refractivity contribution is -0.134. The van der Waals surface area contributed by atoms with Crippen LogP contribution in [0.15, 0.2) is 60.4 Å². The van der Waals surface area contributed by atoms with E-state index in [2.05, 4.69) is 20.9 Å². The van der Waals surface area contributed by atoms with Crippen molar-refractivity contribution >= 4 is 33.2 Å². The average Bonchev–Trinajstić information content (AvgIpc) is 3.38. The van der Waals surface area contributed by atoms with Crippen LogP contribution in [0, 0.1) is 17.2 Å². The second-order valence-electron chi connectivity index (χ2n) is 10.2. The Balaban J connectivity index is 1.14. The van der Waals surface area contributed by atoms with Crippen molar-refractivity contribution in [1.29, 1.82) is 0 Å². The third-order valence-corrected chi connectivity index (χ3v) is 8.64. The molecule has 0 radical (unpaired) electrons. The molecule has 6 rings (SSSR count). The minimum Gasteiger partial charge on any atom is -0.349 e. The highest BCUT2D eigenvalue weighted by Crippen LogP contribution is 2.58. The van der Waals surface area contributed by atoms with Crippen molar-refractivity contribution < 1.29 is 14.0 Å². The second kappa shape index (κ2) is 8.41. The molecule has 2 fully saturated rings. The summed E-state index contributed by atoms with van der Waals surface area (Å²) in [6.07, 6.45) is 8.79. The van der Waals surface area contributed by atoms with Gasteiger partial charge < -0.3 is 9.88 Å². The number of nitrogens with one attached hydrogen (secondary N) is 1. The van der Waals surface area contributed by atoms with Crippen LogP contribution in [0.2, 0.25) is 0 Å². The van der Waals surface area contributed by atoms with Crippen LogP contribution in [0.1, 0.15) is 48.5 Å². The molecule has 0 unspecified atom stereocenters. The summed E-state index contributed by atoms with van der Waals surface area (Å²) in [5.41, 5.74) is 4.71. The van der Waals surface area contributed by atoms with Crippen molar-refractivity contribution in [2.24, 2.45) is 11.3 Å². The molecule has 2 aliphatic rings. The number of nitrogens with zero attached hydrogens (tertiary/aromatic N) is 2. The first-order valence-corrected chi connectivity index (χ1v) is 12.8. The number of hydrogen-bond donors (Lipinski definition) is 1. The van der Waals surface area contributed by atoms with E-state index in [4.69, 9.17) is 0 Å². The van der Waals surface area contributed by atoms with Gasteiger partial charge in [0.1, 0.15) is 11.6 Å². The van der Waals surface area contributed by atoms with Crippen LogP contribution in [-0.4, -0.2) is 27.3 Å². The van der Waals surface area contributed by atoms with Crippen LogP contribution in [0.25, 0.3) is 21.3 Å². The number of Topliss-reactive ketones (excluding diaryl/α,β-unsaturated/α-hetero) is 1. The van der Waals surface area contributed by atoms with Crippen LogP contribution < -0.4 is 5.32 Å². The lowest BCUT2D eigenvalue weighted by Gasteiger charge is -2.57. The number of aromatic nitrogens is 2. The number of hydrogen-bond acceptors (Lipinski definition) is 4. The van der Waals surface area contributed by atoms with Gasteiger partial charge in [-0.2, -0.15) is 0 Å². The number of fused-ring (bicyclic) bond motifs is 1. The van der Waals surface area contributed by atoms with Crippen molar-refractivity contribution in [1.82, 2.24) is 14.9 Å². The molecule has 0 atom stereocenters. The van der Waals surface area contributed by atoms with Gasteiger partial charge in [0.25, 0.3) is 5.91 Å². The maximum atomic E-state index is 13.5. The summed E-state index contributed by atoms with van der Waals surface area (Å²) >= 11 is 1.58. The summed E-state index contributed by atoms with van der Waals surface area (Å²) in [6, 6.07) is 11.7. The van der Waals surface area contributed by atoms with Gasteiger partial charge in [0.15, 0.2) is 0 Å². The minimum absolute atomic E-state index is 0.0209. The highest BCUT2D eigenvalue weighted by molar-refractivity contribution is 7.17. The fraction of sp³-hybridized carbons (Fsp3) is 0.321. The molecule has 1 amide bonds. The van der Waals surface area contributed by atoms with Crippen molar-refractivity contribution in [3.63, 3.8) is 0 Å². The third-order valence-electron chi connectivity index (χ3n) is 7.70. The predicted molar refractivity (Wildman–Crippen MR) is 135 cm³/mol. The molecule has 1 N–H and O–H groups in total. The molecular formula is C28H26FN3O2S. The molecule has 0 saturated heterocycles. The van der Waals surface area contributed by atoms with Crippen LogP contribution in [0.5, 0.6) is 0 Å². The van der Waals surface area contributed by atoms with Gasteiger partial charge in [0, 0.05) is 41.8 Å². The number of benzene rings is 1. The molecule has 1 spiro atoms. The largest absolute Gasteiger partial charge is 0.349 e. The Bertz CT molecular complexity index is 1420. The summed E-state index contributed by atoms with van der Waals surface area (Å²) in [5, 5.41) is 5.17. The van der Waals surface area contributed by atoms with Gasteiger partial charge in [0.2, 0.25) is 0 Å². The number of amides is 1. The van der Waals surface area contributed by atoms with E-state index in [9.17, 15) is 14.0 Å². The quantitative estimate of drug-likeness (QED) is 0.372. The molecule has 0 aliphatic heterocycles. The molecule has 3 aromatic heterocycles. The van der Waals surface area contributed by atoms with Crippen LogP contribution in [0.4, 0.5) is 4.39 Å². The van der Waals surface area contributed by atoms with Gasteiger partial charge in [0.05, 0.1) is 22.0 Å². The van der Waals surface area contributed by atoms with E-state index in [1.54, 1.807) is 24.5 Å². The average molecular weight is 488 g/mol. The zero-order chi connectivity index (χ0) is 24.2. The smallest absolute Gasteiger partial charge is 0.254 e. The summed E-state index contributed by atoms with van der Waals surface area (Å²) in [5.74, 6) is 0.151.